The van der Waals surface area contributed by atoms with Gasteiger partial charge in [0, 0.05) is 17.7 Å². The topological polar surface area (TPSA) is 57.2 Å². The first kappa shape index (κ1) is 22.3. The molecule has 4 aliphatic rings. The fourth-order valence-electron chi connectivity index (χ4n) is 5.24. The third kappa shape index (κ3) is 3.41. The minimum absolute atomic E-state index is 0.000283. The number of methoxy groups -OCH3 is 2. The van der Waals surface area contributed by atoms with Gasteiger partial charge < -0.3 is 18.9 Å². The van der Waals surface area contributed by atoms with Crippen LogP contribution < -0.4 is 0 Å². The Hall–Kier alpha value is -1.85. The monoisotopic (exact) mass is 443 g/mol. The second kappa shape index (κ2) is 7.34. The number of hydrogen-bond donors (Lipinski definition) is 0. The molecule has 7 heteroatoms. The highest BCUT2D eigenvalue weighted by Gasteiger charge is 2.54. The van der Waals surface area contributed by atoms with Crippen molar-refractivity contribution in [1.82, 2.24) is 4.90 Å². The van der Waals surface area contributed by atoms with E-state index >= 15 is 0 Å². The number of nitrogens with zero attached hydrogens (tertiary/aromatic N) is 1. The molecule has 2 aliphatic heterocycles. The van der Waals surface area contributed by atoms with Crippen molar-refractivity contribution in [3.63, 3.8) is 0 Å². The van der Waals surface area contributed by atoms with Gasteiger partial charge in [0.1, 0.15) is 6.10 Å². The molecule has 2 fully saturated rings. The van der Waals surface area contributed by atoms with Gasteiger partial charge in [0.25, 0.3) is 0 Å². The maximum absolute atomic E-state index is 12.6. The standard InChI is InChI=1S/C24H33NO5Si/c1-23(2)29-19-15(13-18(21(19)30-23)31(6,7)8)9-11-24-16(10-12-25(24)3)14-17(26)20(27-4)22(24)28-5/h13-14,18-19,21H,10,12H2,1-8H3/t18-,19-,21+,24-/m0/s1. The summed E-state index contributed by atoms with van der Waals surface area (Å²) < 4.78 is 23.8. The summed E-state index contributed by atoms with van der Waals surface area (Å²) in [6.07, 6.45) is 4.52. The number of rotatable bonds is 3. The first-order chi connectivity index (χ1) is 14.4. The van der Waals surface area contributed by atoms with Crippen molar-refractivity contribution in [3.8, 4) is 11.8 Å². The molecule has 4 rings (SSSR count). The van der Waals surface area contributed by atoms with E-state index in [4.69, 9.17) is 18.9 Å². The molecule has 31 heavy (non-hydrogen) atoms. The molecule has 0 saturated carbocycles. The molecule has 0 amide bonds. The van der Waals surface area contributed by atoms with Crippen molar-refractivity contribution in [2.45, 2.75) is 69.0 Å². The average molecular weight is 444 g/mol. The predicted molar refractivity (Wildman–Crippen MR) is 121 cm³/mol. The minimum atomic E-state index is -1.54. The van der Waals surface area contributed by atoms with Crippen LogP contribution in [0.4, 0.5) is 0 Å². The molecule has 168 valence electrons. The number of allylic oxidation sites excluding steroid dienone is 1. The fourth-order valence-corrected chi connectivity index (χ4v) is 7.15. The number of fused-ring (bicyclic) bond motifs is 2. The van der Waals surface area contributed by atoms with E-state index in [9.17, 15) is 4.79 Å². The highest BCUT2D eigenvalue weighted by Crippen LogP contribution is 2.48. The van der Waals surface area contributed by atoms with Crippen molar-refractivity contribution >= 4 is 13.9 Å². The molecule has 2 aliphatic carbocycles. The summed E-state index contributed by atoms with van der Waals surface area (Å²) in [7, 11) is 3.53. The molecule has 0 N–H and O–H groups in total. The fraction of sp³-hybridized carbons (Fsp3) is 0.625. The van der Waals surface area contributed by atoms with E-state index in [2.05, 4.69) is 42.5 Å². The number of carbonyl (C=O) groups excluding carboxylic acids is 1. The third-order valence-corrected chi connectivity index (χ3v) is 9.26. The quantitative estimate of drug-likeness (QED) is 0.493. The van der Waals surface area contributed by atoms with E-state index in [0.717, 1.165) is 24.1 Å². The van der Waals surface area contributed by atoms with Gasteiger partial charge in [-0.1, -0.05) is 37.6 Å². The molecule has 0 bridgehead atoms. The van der Waals surface area contributed by atoms with Crippen LogP contribution in [0.5, 0.6) is 0 Å². The van der Waals surface area contributed by atoms with Crippen LogP contribution in [0.1, 0.15) is 20.3 Å². The van der Waals surface area contributed by atoms with E-state index in [1.54, 1.807) is 13.2 Å². The van der Waals surface area contributed by atoms with Gasteiger partial charge in [0.2, 0.25) is 11.5 Å². The summed E-state index contributed by atoms with van der Waals surface area (Å²) in [5.41, 5.74) is 1.43. The molecule has 0 spiro atoms. The van der Waals surface area contributed by atoms with Crippen LogP contribution in [0, 0.1) is 11.8 Å². The molecule has 4 atom stereocenters. The number of hydrogen-bond acceptors (Lipinski definition) is 6. The van der Waals surface area contributed by atoms with Gasteiger partial charge in [-0.3, -0.25) is 9.69 Å². The van der Waals surface area contributed by atoms with Crippen molar-refractivity contribution in [2.24, 2.45) is 0 Å². The summed E-state index contributed by atoms with van der Waals surface area (Å²) in [5, 5.41) is 0. The van der Waals surface area contributed by atoms with E-state index in [1.807, 2.05) is 20.9 Å². The zero-order valence-electron chi connectivity index (χ0n) is 19.8. The van der Waals surface area contributed by atoms with Crippen LogP contribution in [0.25, 0.3) is 0 Å². The number of ether oxygens (including phenoxy) is 4. The van der Waals surface area contributed by atoms with Crippen molar-refractivity contribution < 1.29 is 23.7 Å². The van der Waals surface area contributed by atoms with Gasteiger partial charge >= 0.3 is 0 Å². The maximum atomic E-state index is 12.6. The summed E-state index contributed by atoms with van der Waals surface area (Å²) in [5.74, 6) is 6.82. The summed E-state index contributed by atoms with van der Waals surface area (Å²) in [6, 6.07) is 0. The number of ketones is 1. The van der Waals surface area contributed by atoms with Crippen LogP contribution in [-0.4, -0.2) is 70.1 Å². The van der Waals surface area contributed by atoms with Crippen LogP contribution >= 0.6 is 0 Å². The SMILES string of the molecule is COC1=C(OC)[C@]2(C#CC3=C[C@H]([Si](C)(C)C)[C@H]4OC(C)(C)O[C@@H]34)C(=CC1=O)CCN2C. The lowest BCUT2D eigenvalue weighted by atomic mass is 9.83. The Morgan fingerprint density at radius 1 is 1.19 bits per heavy atom. The Kier molecular flexibility index (Phi) is 5.29. The Morgan fingerprint density at radius 2 is 1.90 bits per heavy atom. The highest BCUT2D eigenvalue weighted by atomic mass is 28.3. The van der Waals surface area contributed by atoms with Crippen LogP contribution in [0.15, 0.2) is 34.8 Å². The largest absolute Gasteiger partial charge is 0.494 e. The van der Waals surface area contributed by atoms with E-state index < -0.39 is 19.4 Å². The number of likely N-dealkylation sites (N-methyl/N-ethyl adjacent to an activating group) is 1. The molecule has 0 aromatic carbocycles. The lowest BCUT2D eigenvalue weighted by Crippen LogP contribution is -2.46. The van der Waals surface area contributed by atoms with Gasteiger partial charge in [-0.25, -0.2) is 0 Å². The second-order valence-corrected chi connectivity index (χ2v) is 15.7. The van der Waals surface area contributed by atoms with Crippen molar-refractivity contribution in [1.29, 1.82) is 0 Å². The van der Waals surface area contributed by atoms with Gasteiger partial charge in [0.05, 0.1) is 28.4 Å². The zero-order chi connectivity index (χ0) is 22.8. The summed E-state index contributed by atoms with van der Waals surface area (Å²) in [4.78, 5) is 14.7. The summed E-state index contributed by atoms with van der Waals surface area (Å²) >= 11 is 0. The lowest BCUT2D eigenvalue weighted by molar-refractivity contribution is -0.144. The van der Waals surface area contributed by atoms with Crippen molar-refractivity contribution in [3.05, 3.63) is 34.8 Å². The molecule has 0 unspecified atom stereocenters. The number of likely N-dealkylation sites (tertiary alicyclic amines) is 1. The molecule has 2 heterocycles. The normalized spacial score (nSPS) is 34.6. The predicted octanol–water partition coefficient (Wildman–Crippen LogP) is 3.25. The van der Waals surface area contributed by atoms with E-state index in [-0.39, 0.29) is 23.8 Å². The maximum Gasteiger partial charge on any atom is 0.224 e. The van der Waals surface area contributed by atoms with Gasteiger partial charge in [-0.05, 0) is 39.0 Å². The minimum Gasteiger partial charge on any atom is -0.494 e. The van der Waals surface area contributed by atoms with Crippen LogP contribution in [0.3, 0.4) is 0 Å². The van der Waals surface area contributed by atoms with E-state index in [1.165, 1.54) is 7.11 Å². The van der Waals surface area contributed by atoms with Gasteiger partial charge in [0.15, 0.2) is 17.1 Å². The van der Waals surface area contributed by atoms with Gasteiger partial charge in [-0.15, -0.1) is 0 Å². The van der Waals surface area contributed by atoms with Gasteiger partial charge in [-0.2, -0.15) is 0 Å². The Labute approximate surface area is 186 Å². The molecular formula is C24H33NO5Si. The number of carbonyl (C=O) groups is 1. The Bertz CT molecular complexity index is 961. The molecule has 0 aromatic rings. The lowest BCUT2D eigenvalue weighted by Gasteiger charge is -2.36. The van der Waals surface area contributed by atoms with Crippen LogP contribution in [-0.2, 0) is 23.7 Å². The zero-order valence-corrected chi connectivity index (χ0v) is 20.8. The average Bonchev–Trinajstić information content (AvgIpc) is 3.27. The first-order valence-corrected chi connectivity index (χ1v) is 14.4. The molecular weight excluding hydrogens is 410 g/mol. The first-order valence-electron chi connectivity index (χ1n) is 10.8. The summed E-state index contributed by atoms with van der Waals surface area (Å²) in [6.45, 7) is 11.8. The van der Waals surface area contributed by atoms with Crippen molar-refractivity contribution in [2.75, 3.05) is 27.8 Å². The Morgan fingerprint density at radius 3 is 2.52 bits per heavy atom. The van der Waals surface area contributed by atoms with E-state index in [0.29, 0.717) is 11.3 Å². The molecule has 0 aromatic heterocycles. The third-order valence-electron chi connectivity index (χ3n) is 6.76. The van der Waals surface area contributed by atoms with Crippen LogP contribution in [0.2, 0.25) is 25.2 Å². The smallest absolute Gasteiger partial charge is 0.224 e. The molecule has 6 nitrogen and oxygen atoms in total. The highest BCUT2D eigenvalue weighted by molar-refractivity contribution is 6.78. The second-order valence-electron chi connectivity index (χ2n) is 10.3. The molecule has 0 radical (unpaired) electrons. The molecule has 2 saturated heterocycles. The Balaban J connectivity index is 1.81.